The molecule has 0 atom stereocenters. The van der Waals surface area contributed by atoms with Gasteiger partial charge in [0, 0.05) is 38.4 Å². The summed E-state index contributed by atoms with van der Waals surface area (Å²) in [6, 6.07) is 10.4. The Morgan fingerprint density at radius 3 is 2.44 bits per heavy atom. The quantitative estimate of drug-likeness (QED) is 0.325. The predicted molar refractivity (Wildman–Crippen MR) is 106 cm³/mol. The van der Waals surface area contributed by atoms with Gasteiger partial charge in [-0.1, -0.05) is 25.1 Å². The van der Waals surface area contributed by atoms with Crippen molar-refractivity contribution in [1.29, 1.82) is 0 Å². The standard InChI is InChI=1S/C19H33N5O/c1-4-13-21-18(25)16-23-19(20-5-2)22-14-10-15-24(6-3)17-11-8-7-9-12-17/h7-9,11-12H,4-6,10,13-16H2,1-3H3,(H,21,25)(H2,20,22,23). The van der Waals surface area contributed by atoms with Crippen molar-refractivity contribution in [2.24, 2.45) is 4.99 Å². The third-order valence-corrected chi connectivity index (χ3v) is 3.70. The van der Waals surface area contributed by atoms with E-state index in [9.17, 15) is 4.79 Å². The maximum Gasteiger partial charge on any atom is 0.241 e. The molecule has 140 valence electrons. The number of hydrogen-bond acceptors (Lipinski definition) is 3. The Balaban J connectivity index is 2.37. The molecular weight excluding hydrogens is 314 g/mol. The van der Waals surface area contributed by atoms with E-state index in [4.69, 9.17) is 0 Å². The molecule has 6 nitrogen and oxygen atoms in total. The van der Waals surface area contributed by atoms with Gasteiger partial charge in [-0.3, -0.25) is 4.79 Å². The summed E-state index contributed by atoms with van der Waals surface area (Å²) in [5.41, 5.74) is 1.25. The molecule has 0 spiro atoms. The molecule has 1 aromatic rings. The summed E-state index contributed by atoms with van der Waals surface area (Å²) >= 11 is 0. The topological polar surface area (TPSA) is 68.8 Å². The summed E-state index contributed by atoms with van der Waals surface area (Å²) in [6.45, 7) is 10.6. The van der Waals surface area contributed by atoms with Gasteiger partial charge in [0.2, 0.25) is 5.91 Å². The van der Waals surface area contributed by atoms with Crippen LogP contribution in [0.25, 0.3) is 0 Å². The van der Waals surface area contributed by atoms with Crippen molar-refractivity contribution in [2.75, 3.05) is 44.2 Å². The molecule has 0 saturated carbocycles. The van der Waals surface area contributed by atoms with Gasteiger partial charge in [-0.05, 0) is 38.8 Å². The van der Waals surface area contributed by atoms with E-state index < -0.39 is 0 Å². The lowest BCUT2D eigenvalue weighted by atomic mass is 10.2. The Hall–Kier alpha value is -2.24. The summed E-state index contributed by atoms with van der Waals surface area (Å²) in [5.74, 6) is 0.650. The number of guanidine groups is 1. The van der Waals surface area contributed by atoms with E-state index in [0.29, 0.717) is 12.5 Å². The van der Waals surface area contributed by atoms with E-state index in [2.05, 4.69) is 57.0 Å². The highest BCUT2D eigenvalue weighted by Crippen LogP contribution is 2.12. The zero-order valence-corrected chi connectivity index (χ0v) is 15.8. The molecule has 3 N–H and O–H groups in total. The molecule has 0 radical (unpaired) electrons. The van der Waals surface area contributed by atoms with Crippen LogP contribution in [0.2, 0.25) is 0 Å². The van der Waals surface area contributed by atoms with E-state index >= 15 is 0 Å². The fourth-order valence-corrected chi connectivity index (χ4v) is 2.40. The highest BCUT2D eigenvalue weighted by molar-refractivity contribution is 5.84. The first-order valence-corrected chi connectivity index (χ1v) is 9.30. The molecule has 0 saturated heterocycles. The highest BCUT2D eigenvalue weighted by atomic mass is 16.1. The number of carbonyl (C=O) groups is 1. The summed E-state index contributed by atoms with van der Waals surface area (Å²) < 4.78 is 0. The van der Waals surface area contributed by atoms with Crippen molar-refractivity contribution in [3.8, 4) is 0 Å². The summed E-state index contributed by atoms with van der Waals surface area (Å²) in [5, 5.41) is 9.30. The molecule has 0 heterocycles. The number of aliphatic imine (C=N–C) groups is 1. The number of rotatable bonds is 11. The molecule has 25 heavy (non-hydrogen) atoms. The van der Waals surface area contributed by atoms with Crippen LogP contribution >= 0.6 is 0 Å². The molecule has 1 amide bonds. The van der Waals surface area contributed by atoms with Crippen LogP contribution in [0.5, 0.6) is 0 Å². The van der Waals surface area contributed by atoms with Crippen molar-refractivity contribution < 1.29 is 4.79 Å². The molecule has 0 aliphatic rings. The number of nitrogens with one attached hydrogen (secondary N) is 3. The Morgan fingerprint density at radius 2 is 1.80 bits per heavy atom. The van der Waals surface area contributed by atoms with E-state index in [1.165, 1.54) is 5.69 Å². The fraction of sp³-hybridized carbons (Fsp3) is 0.579. The number of anilines is 1. The number of para-hydroxylation sites is 1. The minimum atomic E-state index is -0.0414. The molecule has 0 aliphatic carbocycles. The first-order valence-electron chi connectivity index (χ1n) is 9.30. The van der Waals surface area contributed by atoms with Crippen molar-refractivity contribution in [2.45, 2.75) is 33.6 Å². The number of amides is 1. The molecule has 1 rings (SSSR count). The van der Waals surface area contributed by atoms with E-state index in [0.717, 1.165) is 39.0 Å². The van der Waals surface area contributed by atoms with Crippen molar-refractivity contribution in [3.63, 3.8) is 0 Å². The Kier molecular flexibility index (Phi) is 10.9. The minimum Gasteiger partial charge on any atom is -0.372 e. The second kappa shape index (κ2) is 13.1. The van der Waals surface area contributed by atoms with Crippen LogP contribution in [0.4, 0.5) is 5.69 Å². The lowest BCUT2D eigenvalue weighted by Gasteiger charge is -2.23. The van der Waals surface area contributed by atoms with Gasteiger partial charge >= 0.3 is 0 Å². The summed E-state index contributed by atoms with van der Waals surface area (Å²) in [4.78, 5) is 18.3. The highest BCUT2D eigenvalue weighted by Gasteiger charge is 2.04. The molecule has 1 aromatic carbocycles. The maximum absolute atomic E-state index is 11.6. The molecule has 0 unspecified atom stereocenters. The average molecular weight is 348 g/mol. The minimum absolute atomic E-state index is 0.0414. The predicted octanol–water partition coefficient (Wildman–Crippen LogP) is 1.98. The van der Waals surface area contributed by atoms with Crippen molar-refractivity contribution in [1.82, 2.24) is 16.0 Å². The van der Waals surface area contributed by atoms with Gasteiger partial charge in [-0.25, -0.2) is 4.99 Å². The Morgan fingerprint density at radius 1 is 1.04 bits per heavy atom. The van der Waals surface area contributed by atoms with Crippen LogP contribution in [-0.4, -0.2) is 51.1 Å². The van der Waals surface area contributed by atoms with Gasteiger partial charge in [0.25, 0.3) is 0 Å². The van der Waals surface area contributed by atoms with Gasteiger partial charge in [-0.15, -0.1) is 0 Å². The van der Waals surface area contributed by atoms with Crippen LogP contribution in [-0.2, 0) is 4.79 Å². The number of nitrogens with zero attached hydrogens (tertiary/aromatic N) is 2. The van der Waals surface area contributed by atoms with Gasteiger partial charge in [0.05, 0.1) is 0 Å². The molecule has 0 aliphatic heterocycles. The second-order valence-corrected chi connectivity index (χ2v) is 5.74. The molecule has 6 heteroatoms. The molecule has 0 bridgehead atoms. The van der Waals surface area contributed by atoms with Gasteiger partial charge < -0.3 is 20.9 Å². The van der Waals surface area contributed by atoms with Crippen LogP contribution in [0.15, 0.2) is 35.3 Å². The number of carbonyl (C=O) groups excluding carboxylic acids is 1. The summed E-state index contributed by atoms with van der Waals surface area (Å²) in [6.07, 6.45) is 1.93. The van der Waals surface area contributed by atoms with Gasteiger partial charge in [-0.2, -0.15) is 0 Å². The van der Waals surface area contributed by atoms with Gasteiger partial charge in [0.1, 0.15) is 6.54 Å². The SMILES string of the molecule is CCCNC(=O)CN=C(NCC)NCCCN(CC)c1ccccc1. The molecule has 0 fully saturated rings. The fourth-order valence-electron chi connectivity index (χ4n) is 2.40. The molecular formula is C19H33N5O. The third-order valence-electron chi connectivity index (χ3n) is 3.70. The summed E-state index contributed by atoms with van der Waals surface area (Å²) in [7, 11) is 0. The molecule has 0 aromatic heterocycles. The van der Waals surface area contributed by atoms with Crippen LogP contribution in [0.1, 0.15) is 33.6 Å². The van der Waals surface area contributed by atoms with E-state index in [1.807, 2.05) is 19.9 Å². The van der Waals surface area contributed by atoms with E-state index in [-0.39, 0.29) is 12.5 Å². The van der Waals surface area contributed by atoms with Crippen LogP contribution < -0.4 is 20.9 Å². The zero-order chi connectivity index (χ0) is 18.3. The first-order chi connectivity index (χ1) is 12.2. The Labute approximate surface area is 152 Å². The Bertz CT molecular complexity index is 504. The lowest BCUT2D eigenvalue weighted by Crippen LogP contribution is -2.39. The smallest absolute Gasteiger partial charge is 0.241 e. The monoisotopic (exact) mass is 347 g/mol. The number of hydrogen-bond donors (Lipinski definition) is 3. The van der Waals surface area contributed by atoms with Crippen molar-refractivity contribution in [3.05, 3.63) is 30.3 Å². The van der Waals surface area contributed by atoms with Crippen LogP contribution in [0.3, 0.4) is 0 Å². The van der Waals surface area contributed by atoms with Crippen molar-refractivity contribution >= 4 is 17.6 Å². The lowest BCUT2D eigenvalue weighted by molar-refractivity contribution is -0.119. The van der Waals surface area contributed by atoms with E-state index in [1.54, 1.807) is 0 Å². The average Bonchev–Trinajstić information content (AvgIpc) is 2.65. The second-order valence-electron chi connectivity index (χ2n) is 5.74. The van der Waals surface area contributed by atoms with Gasteiger partial charge in [0.15, 0.2) is 5.96 Å². The normalized spacial score (nSPS) is 11.1. The maximum atomic E-state index is 11.6. The van der Waals surface area contributed by atoms with Crippen LogP contribution in [0, 0.1) is 0 Å². The number of benzene rings is 1. The third kappa shape index (κ3) is 8.98. The zero-order valence-electron chi connectivity index (χ0n) is 15.8. The largest absolute Gasteiger partial charge is 0.372 e. The first kappa shape index (κ1) is 20.8.